The van der Waals surface area contributed by atoms with Gasteiger partial charge in [-0.25, -0.2) is 4.79 Å². The number of nitrogens with zero attached hydrogens (tertiary/aromatic N) is 2. The van der Waals surface area contributed by atoms with Crippen LogP contribution in [0.5, 0.6) is 0 Å². The first kappa shape index (κ1) is 26.5. The number of piperidine rings is 1. The van der Waals surface area contributed by atoms with Crippen LogP contribution < -0.4 is 5.32 Å². The molecule has 3 amide bonds. The summed E-state index contributed by atoms with van der Waals surface area (Å²) in [6.45, 7) is 7.66. The predicted molar refractivity (Wildman–Crippen MR) is 144 cm³/mol. The van der Waals surface area contributed by atoms with E-state index in [1.54, 1.807) is 0 Å². The molecule has 2 aromatic rings. The molecule has 0 spiro atoms. The number of unbranched alkanes of at least 4 members (excludes halogenated alkanes) is 2. The van der Waals surface area contributed by atoms with Gasteiger partial charge in [0.1, 0.15) is 0 Å². The predicted octanol–water partition coefficient (Wildman–Crippen LogP) is 6.23. The van der Waals surface area contributed by atoms with E-state index in [1.807, 2.05) is 53.1 Å². The number of benzene rings is 2. The number of rotatable bonds is 11. The van der Waals surface area contributed by atoms with Crippen molar-refractivity contribution in [1.82, 2.24) is 15.1 Å². The molecule has 0 bridgehead atoms. The highest BCUT2D eigenvalue weighted by Gasteiger charge is 2.26. The highest BCUT2D eigenvalue weighted by atomic mass is 16.2. The van der Waals surface area contributed by atoms with Gasteiger partial charge >= 0.3 is 6.03 Å². The van der Waals surface area contributed by atoms with Crippen molar-refractivity contribution in [1.29, 1.82) is 0 Å². The zero-order chi connectivity index (χ0) is 24.9. The fourth-order valence-corrected chi connectivity index (χ4v) is 4.70. The maximum absolute atomic E-state index is 13.6. The van der Waals surface area contributed by atoms with E-state index in [2.05, 4.69) is 42.6 Å². The zero-order valence-electron chi connectivity index (χ0n) is 21.4. The zero-order valence-corrected chi connectivity index (χ0v) is 21.4. The molecule has 1 saturated heterocycles. The molecule has 2 aromatic carbocycles. The lowest BCUT2D eigenvalue weighted by atomic mass is 9.95. The molecule has 1 N–H and O–H groups in total. The third-order valence-electron chi connectivity index (χ3n) is 6.68. The summed E-state index contributed by atoms with van der Waals surface area (Å²) in [6.07, 6.45) is 8.60. The van der Waals surface area contributed by atoms with Crippen LogP contribution in [0.15, 0.2) is 66.2 Å². The first-order valence-corrected chi connectivity index (χ1v) is 13.2. The fraction of sp³-hybridized carbons (Fsp3) is 0.467. The molecular formula is C30H41N3O2. The second-order valence-corrected chi connectivity index (χ2v) is 9.49. The normalized spacial score (nSPS) is 14.6. The van der Waals surface area contributed by atoms with Gasteiger partial charge in [-0.3, -0.25) is 4.79 Å². The molecule has 0 unspecified atom stereocenters. The molecule has 0 radical (unpaired) electrons. The highest BCUT2D eigenvalue weighted by Crippen LogP contribution is 2.22. The van der Waals surface area contributed by atoms with Gasteiger partial charge in [0.2, 0.25) is 0 Å². The third kappa shape index (κ3) is 8.57. The van der Waals surface area contributed by atoms with Gasteiger partial charge < -0.3 is 15.1 Å². The van der Waals surface area contributed by atoms with Crippen LogP contribution >= 0.6 is 0 Å². The summed E-state index contributed by atoms with van der Waals surface area (Å²) in [6, 6.07) is 20.0. The molecule has 1 aliphatic rings. The second kappa shape index (κ2) is 14.3. The maximum Gasteiger partial charge on any atom is 0.317 e. The summed E-state index contributed by atoms with van der Waals surface area (Å²) < 4.78 is 0. The molecular weight excluding hydrogens is 434 g/mol. The van der Waals surface area contributed by atoms with E-state index in [0.29, 0.717) is 19.0 Å². The summed E-state index contributed by atoms with van der Waals surface area (Å²) in [5.74, 6) is 0.480. The number of likely N-dealkylation sites (tertiary alicyclic amines) is 1. The maximum atomic E-state index is 13.6. The van der Waals surface area contributed by atoms with E-state index >= 15 is 0 Å². The molecule has 1 aliphatic heterocycles. The van der Waals surface area contributed by atoms with E-state index < -0.39 is 0 Å². The number of urea groups is 1. The Bertz CT molecular complexity index is 935. The number of hydrogen-bond acceptors (Lipinski definition) is 2. The monoisotopic (exact) mass is 475 g/mol. The van der Waals surface area contributed by atoms with Crippen molar-refractivity contribution < 1.29 is 9.59 Å². The van der Waals surface area contributed by atoms with Gasteiger partial charge in [-0.15, -0.1) is 0 Å². The Morgan fingerprint density at radius 3 is 2.26 bits per heavy atom. The molecule has 1 fully saturated rings. The number of amides is 3. The van der Waals surface area contributed by atoms with Gasteiger partial charge in [0.15, 0.2) is 0 Å². The van der Waals surface area contributed by atoms with Crippen LogP contribution in [0.2, 0.25) is 0 Å². The molecule has 0 aromatic heterocycles. The van der Waals surface area contributed by atoms with Crippen LogP contribution in [0, 0.1) is 5.92 Å². The van der Waals surface area contributed by atoms with E-state index in [0.717, 1.165) is 50.9 Å². The molecule has 188 valence electrons. The average molecular weight is 476 g/mol. The molecule has 5 nitrogen and oxygen atoms in total. The van der Waals surface area contributed by atoms with Gasteiger partial charge in [-0.1, -0.05) is 79.9 Å². The topological polar surface area (TPSA) is 52.6 Å². The molecule has 0 aliphatic carbocycles. The lowest BCUT2D eigenvalue weighted by Crippen LogP contribution is -2.46. The van der Waals surface area contributed by atoms with Crippen molar-refractivity contribution in [3.05, 3.63) is 77.4 Å². The first-order valence-electron chi connectivity index (χ1n) is 13.2. The van der Waals surface area contributed by atoms with Gasteiger partial charge in [0.05, 0.1) is 0 Å². The van der Waals surface area contributed by atoms with Gasteiger partial charge in [-0.2, -0.15) is 0 Å². The molecule has 3 rings (SSSR count). The summed E-state index contributed by atoms with van der Waals surface area (Å²) in [5, 5.41) is 2.90. The Labute approximate surface area is 211 Å². The van der Waals surface area contributed by atoms with Crippen molar-refractivity contribution >= 4 is 18.0 Å². The van der Waals surface area contributed by atoms with Gasteiger partial charge in [0.25, 0.3) is 5.91 Å². The lowest BCUT2D eigenvalue weighted by Gasteiger charge is -2.35. The third-order valence-corrected chi connectivity index (χ3v) is 6.68. The highest BCUT2D eigenvalue weighted by molar-refractivity contribution is 5.94. The van der Waals surface area contributed by atoms with Gasteiger partial charge in [0, 0.05) is 38.3 Å². The van der Waals surface area contributed by atoms with Crippen LogP contribution in [-0.4, -0.2) is 54.5 Å². The van der Waals surface area contributed by atoms with Crippen LogP contribution in [-0.2, 0) is 0 Å². The van der Waals surface area contributed by atoms with Crippen LogP contribution in [0.3, 0.4) is 0 Å². The van der Waals surface area contributed by atoms with E-state index in [4.69, 9.17) is 0 Å². The minimum Gasteiger partial charge on any atom is -0.338 e. The largest absolute Gasteiger partial charge is 0.338 e. The number of carbonyl (C=O) groups excluding carboxylic acids is 2. The van der Waals surface area contributed by atoms with Crippen molar-refractivity contribution in [3.63, 3.8) is 0 Å². The van der Waals surface area contributed by atoms with Gasteiger partial charge in [-0.05, 0) is 56.2 Å². The Morgan fingerprint density at radius 2 is 1.63 bits per heavy atom. The van der Waals surface area contributed by atoms with Crippen molar-refractivity contribution in [2.24, 2.45) is 5.92 Å². The Kier molecular flexibility index (Phi) is 10.9. The van der Waals surface area contributed by atoms with Crippen LogP contribution in [0.1, 0.15) is 68.3 Å². The van der Waals surface area contributed by atoms with Crippen molar-refractivity contribution in [3.8, 4) is 0 Å². The molecule has 0 atom stereocenters. The second-order valence-electron chi connectivity index (χ2n) is 9.49. The summed E-state index contributed by atoms with van der Waals surface area (Å²) in [4.78, 5) is 29.8. The SMILES string of the molecule is CCCCCC(=Cc1ccccc1)CN(CC1CCN(C(=O)NCC)CC1)C(=O)c1ccccc1. The van der Waals surface area contributed by atoms with Crippen LogP contribution in [0.4, 0.5) is 4.79 Å². The smallest absolute Gasteiger partial charge is 0.317 e. The molecule has 35 heavy (non-hydrogen) atoms. The van der Waals surface area contributed by atoms with Crippen molar-refractivity contribution in [2.75, 3.05) is 32.7 Å². The molecule has 0 saturated carbocycles. The average Bonchev–Trinajstić information content (AvgIpc) is 2.89. The fourth-order valence-electron chi connectivity index (χ4n) is 4.70. The number of hydrogen-bond donors (Lipinski definition) is 1. The van der Waals surface area contributed by atoms with E-state index in [1.165, 1.54) is 24.0 Å². The minimum absolute atomic E-state index is 0.0205. The summed E-state index contributed by atoms with van der Waals surface area (Å²) in [5.41, 5.74) is 3.22. The Morgan fingerprint density at radius 1 is 0.971 bits per heavy atom. The van der Waals surface area contributed by atoms with E-state index in [-0.39, 0.29) is 11.9 Å². The number of nitrogens with one attached hydrogen (secondary N) is 1. The first-order chi connectivity index (χ1) is 17.1. The quantitative estimate of drug-likeness (QED) is 0.392. The van der Waals surface area contributed by atoms with Crippen molar-refractivity contribution in [2.45, 2.75) is 52.4 Å². The molecule has 5 heteroatoms. The minimum atomic E-state index is 0.0205. The summed E-state index contributed by atoms with van der Waals surface area (Å²) in [7, 11) is 0. The molecule has 1 heterocycles. The summed E-state index contributed by atoms with van der Waals surface area (Å²) >= 11 is 0. The Hall–Kier alpha value is -3.08. The lowest BCUT2D eigenvalue weighted by molar-refractivity contribution is 0.0714. The number of carbonyl (C=O) groups is 2. The van der Waals surface area contributed by atoms with Crippen LogP contribution in [0.25, 0.3) is 6.08 Å². The van der Waals surface area contributed by atoms with E-state index in [9.17, 15) is 9.59 Å². The Balaban J connectivity index is 1.76. The standard InChI is InChI=1S/C30H41N3O2/c1-3-5-8-15-27(22-25-13-9-6-10-14-25)24-33(29(34)28-16-11-7-12-17-28)23-26-18-20-32(21-19-26)30(35)31-4-2/h6-7,9-14,16-17,22,26H,3-5,8,15,18-21,23-24H2,1-2H3,(H,31,35).